The van der Waals surface area contributed by atoms with Gasteiger partial charge in [-0.25, -0.2) is 4.79 Å². The summed E-state index contributed by atoms with van der Waals surface area (Å²) >= 11 is 0. The molecule has 1 N–H and O–H groups in total. The number of nitrogens with zero attached hydrogens (tertiary/aromatic N) is 1. The zero-order valence-electron chi connectivity index (χ0n) is 12.1. The topological polar surface area (TPSA) is 59.0 Å². The highest BCUT2D eigenvalue weighted by atomic mass is 35.5. The second kappa shape index (κ2) is 9.44. The van der Waals surface area contributed by atoms with Crippen molar-refractivity contribution in [1.82, 2.24) is 4.90 Å². The average molecular weight is 304 g/mol. The van der Waals surface area contributed by atoms with E-state index >= 15 is 0 Å². The van der Waals surface area contributed by atoms with Gasteiger partial charge in [0, 0.05) is 6.54 Å². The molecule has 0 amide bonds. The maximum Gasteiger partial charge on any atom is 0.338 e. The van der Waals surface area contributed by atoms with Gasteiger partial charge in [0.05, 0.1) is 12.7 Å². The van der Waals surface area contributed by atoms with Gasteiger partial charge in [-0.3, -0.25) is 0 Å². The first kappa shape index (κ1) is 18.5. The summed E-state index contributed by atoms with van der Waals surface area (Å²) < 4.78 is 10.1. The number of carbonyl (C=O) groups excluding carboxylic acids is 1. The van der Waals surface area contributed by atoms with E-state index in [0.29, 0.717) is 24.5 Å². The molecule has 1 aromatic rings. The van der Waals surface area contributed by atoms with E-state index in [1.54, 1.807) is 6.07 Å². The van der Waals surface area contributed by atoms with Crippen LogP contribution >= 0.6 is 12.4 Å². The molecule has 0 aliphatic carbocycles. The van der Waals surface area contributed by atoms with Gasteiger partial charge in [-0.15, -0.1) is 12.4 Å². The number of phenols is 1. The molecule has 0 aliphatic heterocycles. The summed E-state index contributed by atoms with van der Waals surface area (Å²) in [6.45, 7) is 7.03. The van der Waals surface area contributed by atoms with Gasteiger partial charge in [0.2, 0.25) is 0 Å². The fraction of sp³-hybridized carbons (Fsp3) is 0.500. The summed E-state index contributed by atoms with van der Waals surface area (Å²) in [4.78, 5) is 13.9. The molecule has 0 unspecified atom stereocenters. The summed E-state index contributed by atoms with van der Waals surface area (Å²) in [6.07, 6.45) is 0. The number of rotatable bonds is 7. The maximum atomic E-state index is 11.8. The van der Waals surface area contributed by atoms with Crippen molar-refractivity contribution in [3.63, 3.8) is 0 Å². The summed E-state index contributed by atoms with van der Waals surface area (Å²) in [5, 5.41) is 9.59. The third-order valence-corrected chi connectivity index (χ3v) is 2.95. The first-order valence-electron chi connectivity index (χ1n) is 6.38. The SMILES string of the molecule is CCN(CC)CCOC(=O)c1ccc(OC)c(O)c1.Cl. The quantitative estimate of drug-likeness (QED) is 0.783. The summed E-state index contributed by atoms with van der Waals surface area (Å²) in [5.41, 5.74) is 0.317. The number of phenolic OH excluding ortho intramolecular Hbond substituents is 1. The van der Waals surface area contributed by atoms with E-state index in [0.717, 1.165) is 13.1 Å². The zero-order chi connectivity index (χ0) is 14.3. The number of benzene rings is 1. The first-order chi connectivity index (χ1) is 9.12. The molecule has 0 bridgehead atoms. The van der Waals surface area contributed by atoms with Crippen molar-refractivity contribution < 1.29 is 19.4 Å². The molecule has 0 saturated carbocycles. The third kappa shape index (κ3) is 5.27. The van der Waals surface area contributed by atoms with Gasteiger partial charge in [0.25, 0.3) is 0 Å². The summed E-state index contributed by atoms with van der Waals surface area (Å²) in [6, 6.07) is 4.45. The molecule has 0 fully saturated rings. The summed E-state index contributed by atoms with van der Waals surface area (Å²) in [5.74, 6) is -0.175. The number of halogens is 1. The van der Waals surface area contributed by atoms with Crippen LogP contribution in [0, 0.1) is 0 Å². The van der Waals surface area contributed by atoms with Crippen LogP contribution in [0.15, 0.2) is 18.2 Å². The minimum atomic E-state index is -0.440. The largest absolute Gasteiger partial charge is 0.504 e. The molecule has 0 atom stereocenters. The number of methoxy groups -OCH3 is 1. The Hall–Kier alpha value is -1.46. The van der Waals surface area contributed by atoms with Crippen molar-refractivity contribution in [3.8, 4) is 11.5 Å². The molecular formula is C14H22ClNO4. The number of ether oxygens (including phenoxy) is 2. The Morgan fingerprint density at radius 3 is 2.45 bits per heavy atom. The Balaban J connectivity index is 0.00000361. The van der Waals surface area contributed by atoms with Crippen LogP contribution < -0.4 is 4.74 Å². The highest BCUT2D eigenvalue weighted by Gasteiger charge is 2.11. The Kier molecular flexibility index (Phi) is 8.76. The second-order valence-corrected chi connectivity index (χ2v) is 4.05. The van der Waals surface area contributed by atoms with Crippen molar-refractivity contribution in [1.29, 1.82) is 0 Å². The fourth-order valence-corrected chi connectivity index (χ4v) is 1.71. The number of carbonyl (C=O) groups is 1. The Bertz CT molecular complexity index is 422. The second-order valence-electron chi connectivity index (χ2n) is 4.05. The van der Waals surface area contributed by atoms with Crippen LogP contribution in [-0.2, 0) is 4.74 Å². The normalized spacial score (nSPS) is 10.0. The lowest BCUT2D eigenvalue weighted by atomic mass is 10.2. The van der Waals surface area contributed by atoms with Crippen LogP contribution in [-0.4, -0.2) is 49.3 Å². The van der Waals surface area contributed by atoms with Gasteiger partial charge in [0.1, 0.15) is 6.61 Å². The van der Waals surface area contributed by atoms with Crippen molar-refractivity contribution in [2.45, 2.75) is 13.8 Å². The number of esters is 1. The lowest BCUT2D eigenvalue weighted by Gasteiger charge is -2.17. The Labute approximate surface area is 125 Å². The van der Waals surface area contributed by atoms with Crippen molar-refractivity contribution in [2.24, 2.45) is 0 Å². The molecular weight excluding hydrogens is 282 g/mol. The molecule has 20 heavy (non-hydrogen) atoms. The van der Waals surface area contributed by atoms with E-state index < -0.39 is 5.97 Å². The highest BCUT2D eigenvalue weighted by molar-refractivity contribution is 5.90. The van der Waals surface area contributed by atoms with E-state index in [1.807, 2.05) is 0 Å². The van der Waals surface area contributed by atoms with Gasteiger partial charge in [-0.2, -0.15) is 0 Å². The Morgan fingerprint density at radius 2 is 1.95 bits per heavy atom. The molecule has 0 radical (unpaired) electrons. The molecule has 0 aliphatic rings. The van der Waals surface area contributed by atoms with Crippen LogP contribution in [0.2, 0.25) is 0 Å². The fourth-order valence-electron chi connectivity index (χ4n) is 1.71. The van der Waals surface area contributed by atoms with Crippen molar-refractivity contribution >= 4 is 18.4 Å². The smallest absolute Gasteiger partial charge is 0.338 e. The third-order valence-electron chi connectivity index (χ3n) is 2.95. The van der Waals surface area contributed by atoms with E-state index in [2.05, 4.69) is 18.7 Å². The highest BCUT2D eigenvalue weighted by Crippen LogP contribution is 2.26. The minimum Gasteiger partial charge on any atom is -0.504 e. The molecule has 5 nitrogen and oxygen atoms in total. The molecule has 1 aromatic carbocycles. The lowest BCUT2D eigenvalue weighted by molar-refractivity contribution is 0.0466. The van der Waals surface area contributed by atoms with Gasteiger partial charge in [0.15, 0.2) is 11.5 Å². The van der Waals surface area contributed by atoms with Crippen LogP contribution in [0.1, 0.15) is 24.2 Å². The van der Waals surface area contributed by atoms with E-state index in [4.69, 9.17) is 9.47 Å². The van der Waals surface area contributed by atoms with Gasteiger partial charge < -0.3 is 19.5 Å². The van der Waals surface area contributed by atoms with Crippen LogP contribution in [0.3, 0.4) is 0 Å². The predicted octanol–water partition coefficient (Wildman–Crippen LogP) is 2.32. The van der Waals surface area contributed by atoms with Gasteiger partial charge in [-0.05, 0) is 31.3 Å². The summed E-state index contributed by atoms with van der Waals surface area (Å²) in [7, 11) is 1.46. The molecule has 0 aromatic heterocycles. The van der Waals surface area contributed by atoms with Crippen LogP contribution in [0.4, 0.5) is 0 Å². The minimum absolute atomic E-state index is 0. The first-order valence-corrected chi connectivity index (χ1v) is 6.38. The van der Waals surface area contributed by atoms with Crippen LogP contribution in [0.25, 0.3) is 0 Å². The number of aromatic hydroxyl groups is 1. The van der Waals surface area contributed by atoms with E-state index in [9.17, 15) is 9.90 Å². The van der Waals surface area contributed by atoms with Gasteiger partial charge >= 0.3 is 5.97 Å². The van der Waals surface area contributed by atoms with Crippen molar-refractivity contribution in [3.05, 3.63) is 23.8 Å². The van der Waals surface area contributed by atoms with E-state index in [1.165, 1.54) is 19.2 Å². The molecule has 0 heterocycles. The average Bonchev–Trinajstić information content (AvgIpc) is 2.43. The van der Waals surface area contributed by atoms with E-state index in [-0.39, 0.29) is 18.2 Å². The molecule has 6 heteroatoms. The molecule has 0 saturated heterocycles. The Morgan fingerprint density at radius 1 is 1.30 bits per heavy atom. The number of hydrogen-bond acceptors (Lipinski definition) is 5. The lowest BCUT2D eigenvalue weighted by Crippen LogP contribution is -2.27. The number of likely N-dealkylation sites (N-methyl/N-ethyl adjacent to an activating group) is 1. The molecule has 1 rings (SSSR count). The standard InChI is InChI=1S/C14H21NO4.ClH/c1-4-15(5-2)8-9-19-14(17)11-6-7-13(18-3)12(16)10-11;/h6-7,10,16H,4-5,8-9H2,1-3H3;1H. The number of hydrogen-bond donors (Lipinski definition) is 1. The zero-order valence-corrected chi connectivity index (χ0v) is 12.9. The van der Waals surface area contributed by atoms with Gasteiger partial charge in [-0.1, -0.05) is 13.8 Å². The predicted molar refractivity (Wildman–Crippen MR) is 80.0 cm³/mol. The van der Waals surface area contributed by atoms with Crippen molar-refractivity contribution in [2.75, 3.05) is 33.4 Å². The van der Waals surface area contributed by atoms with Crippen LogP contribution in [0.5, 0.6) is 11.5 Å². The monoisotopic (exact) mass is 303 g/mol. The molecule has 0 spiro atoms. The maximum absolute atomic E-state index is 11.8. The molecule has 114 valence electrons.